The molecule has 0 saturated carbocycles. The van der Waals surface area contributed by atoms with Crippen LogP contribution in [0.15, 0.2) is 24.4 Å². The second-order valence-electron chi connectivity index (χ2n) is 4.93. The molecule has 0 aliphatic rings. The molecule has 0 saturated heterocycles. The van der Waals surface area contributed by atoms with E-state index < -0.39 is 0 Å². The maximum atomic E-state index is 5.73. The van der Waals surface area contributed by atoms with E-state index in [1.807, 2.05) is 10.7 Å². The Morgan fingerprint density at radius 2 is 2.20 bits per heavy atom. The molecule has 1 unspecified atom stereocenters. The average molecular weight is 273 g/mol. The zero-order chi connectivity index (χ0) is 14.5. The molecule has 2 rings (SSSR count). The van der Waals surface area contributed by atoms with Crippen molar-refractivity contribution in [2.24, 2.45) is 5.84 Å². The highest BCUT2D eigenvalue weighted by Crippen LogP contribution is 2.19. The third kappa shape index (κ3) is 3.05. The molecule has 108 valence electrons. The lowest BCUT2D eigenvalue weighted by atomic mass is 10.0. The van der Waals surface area contributed by atoms with Crippen molar-refractivity contribution in [2.45, 2.75) is 46.2 Å². The number of nitrogens with two attached hydrogens (primary N) is 1. The van der Waals surface area contributed by atoms with Crippen LogP contribution in [-0.4, -0.2) is 14.8 Å². The van der Waals surface area contributed by atoms with E-state index in [0.29, 0.717) is 0 Å². The molecule has 0 bridgehead atoms. The predicted octanol–water partition coefficient (Wildman–Crippen LogP) is 1.92. The SMILES string of the molecule is CCc1cc(CC(NN)c2ncccc2C)n(CC)n1. The lowest BCUT2D eigenvalue weighted by Crippen LogP contribution is -2.31. The molecule has 5 nitrogen and oxygen atoms in total. The summed E-state index contributed by atoms with van der Waals surface area (Å²) < 4.78 is 2.04. The highest BCUT2D eigenvalue weighted by molar-refractivity contribution is 5.23. The third-order valence-corrected chi connectivity index (χ3v) is 3.57. The van der Waals surface area contributed by atoms with Crippen molar-refractivity contribution < 1.29 is 0 Å². The molecule has 0 fully saturated rings. The second-order valence-corrected chi connectivity index (χ2v) is 4.93. The van der Waals surface area contributed by atoms with Crippen molar-refractivity contribution in [3.05, 3.63) is 47.0 Å². The zero-order valence-electron chi connectivity index (χ0n) is 12.4. The summed E-state index contributed by atoms with van der Waals surface area (Å²) in [6.45, 7) is 7.15. The normalized spacial score (nSPS) is 12.6. The van der Waals surface area contributed by atoms with Gasteiger partial charge in [0.2, 0.25) is 0 Å². The van der Waals surface area contributed by atoms with Crippen LogP contribution in [0.2, 0.25) is 0 Å². The van der Waals surface area contributed by atoms with Crippen molar-refractivity contribution in [2.75, 3.05) is 0 Å². The molecule has 1 atom stereocenters. The molecule has 5 heteroatoms. The molecule has 0 spiro atoms. The van der Waals surface area contributed by atoms with Gasteiger partial charge >= 0.3 is 0 Å². The monoisotopic (exact) mass is 273 g/mol. The Kier molecular flexibility index (Phi) is 4.87. The van der Waals surface area contributed by atoms with Gasteiger partial charge in [0.05, 0.1) is 17.4 Å². The minimum Gasteiger partial charge on any atom is -0.271 e. The van der Waals surface area contributed by atoms with Gasteiger partial charge in [0, 0.05) is 24.9 Å². The third-order valence-electron chi connectivity index (χ3n) is 3.57. The molecule has 0 amide bonds. The fourth-order valence-electron chi connectivity index (χ4n) is 2.43. The Labute approximate surface area is 120 Å². The van der Waals surface area contributed by atoms with E-state index in [4.69, 9.17) is 5.84 Å². The van der Waals surface area contributed by atoms with Crippen LogP contribution in [0.5, 0.6) is 0 Å². The van der Waals surface area contributed by atoms with Gasteiger partial charge in [-0.1, -0.05) is 13.0 Å². The van der Waals surface area contributed by atoms with E-state index in [9.17, 15) is 0 Å². The van der Waals surface area contributed by atoms with Gasteiger partial charge in [0.15, 0.2) is 0 Å². The van der Waals surface area contributed by atoms with Crippen LogP contribution in [0, 0.1) is 6.92 Å². The molecule has 2 aromatic rings. The fourth-order valence-corrected chi connectivity index (χ4v) is 2.43. The summed E-state index contributed by atoms with van der Waals surface area (Å²) in [7, 11) is 0. The lowest BCUT2D eigenvalue weighted by molar-refractivity contribution is 0.505. The second kappa shape index (κ2) is 6.63. The van der Waals surface area contributed by atoms with Crippen molar-refractivity contribution in [3.8, 4) is 0 Å². The fraction of sp³-hybridized carbons (Fsp3) is 0.467. The van der Waals surface area contributed by atoms with Crippen LogP contribution in [0.1, 0.15) is 42.5 Å². The molecule has 0 aliphatic carbocycles. The Hall–Kier alpha value is -1.72. The molecule has 3 N–H and O–H groups in total. The number of aryl methyl sites for hydroxylation is 3. The first-order valence-electron chi connectivity index (χ1n) is 7.12. The van der Waals surface area contributed by atoms with E-state index in [2.05, 4.69) is 48.4 Å². The Bertz CT molecular complexity index is 561. The number of aromatic nitrogens is 3. The van der Waals surface area contributed by atoms with Crippen molar-refractivity contribution in [1.29, 1.82) is 0 Å². The van der Waals surface area contributed by atoms with E-state index in [1.165, 1.54) is 5.69 Å². The van der Waals surface area contributed by atoms with Gasteiger partial charge < -0.3 is 0 Å². The highest BCUT2D eigenvalue weighted by atomic mass is 15.3. The van der Waals surface area contributed by atoms with Gasteiger partial charge in [0.25, 0.3) is 0 Å². The van der Waals surface area contributed by atoms with Gasteiger partial charge in [-0.3, -0.25) is 20.9 Å². The first-order chi connectivity index (χ1) is 9.69. The van der Waals surface area contributed by atoms with E-state index in [0.717, 1.165) is 36.3 Å². The summed E-state index contributed by atoms with van der Waals surface area (Å²) in [6, 6.07) is 6.16. The highest BCUT2D eigenvalue weighted by Gasteiger charge is 2.17. The molecule has 0 aromatic carbocycles. The predicted molar refractivity (Wildman–Crippen MR) is 80.0 cm³/mol. The van der Waals surface area contributed by atoms with Crippen molar-refractivity contribution >= 4 is 0 Å². The first-order valence-corrected chi connectivity index (χ1v) is 7.12. The Morgan fingerprint density at radius 3 is 2.80 bits per heavy atom. The number of nitrogens with zero attached hydrogens (tertiary/aromatic N) is 3. The molecular formula is C15H23N5. The van der Waals surface area contributed by atoms with Gasteiger partial charge in [-0.2, -0.15) is 5.10 Å². The molecular weight excluding hydrogens is 250 g/mol. The van der Waals surface area contributed by atoms with E-state index in [1.54, 1.807) is 6.20 Å². The van der Waals surface area contributed by atoms with Gasteiger partial charge in [0.1, 0.15) is 0 Å². The molecule has 0 radical (unpaired) electrons. The number of hydrogen-bond acceptors (Lipinski definition) is 4. The Morgan fingerprint density at radius 1 is 1.40 bits per heavy atom. The van der Waals surface area contributed by atoms with Gasteiger partial charge in [-0.15, -0.1) is 0 Å². The number of rotatable bonds is 6. The molecule has 2 heterocycles. The smallest absolute Gasteiger partial charge is 0.0690 e. The van der Waals surface area contributed by atoms with Crippen LogP contribution in [0.25, 0.3) is 0 Å². The topological polar surface area (TPSA) is 68.8 Å². The molecule has 0 aliphatic heterocycles. The summed E-state index contributed by atoms with van der Waals surface area (Å²) in [5.74, 6) is 5.73. The Balaban J connectivity index is 2.26. The summed E-state index contributed by atoms with van der Waals surface area (Å²) >= 11 is 0. The number of pyridine rings is 1. The van der Waals surface area contributed by atoms with E-state index in [-0.39, 0.29) is 6.04 Å². The van der Waals surface area contributed by atoms with Crippen LogP contribution < -0.4 is 11.3 Å². The van der Waals surface area contributed by atoms with Crippen LogP contribution >= 0.6 is 0 Å². The minimum atomic E-state index is 0.00269. The summed E-state index contributed by atoms with van der Waals surface area (Å²) in [6.07, 6.45) is 3.54. The van der Waals surface area contributed by atoms with Crippen molar-refractivity contribution in [3.63, 3.8) is 0 Å². The summed E-state index contributed by atoms with van der Waals surface area (Å²) in [4.78, 5) is 4.46. The maximum absolute atomic E-state index is 5.73. The first kappa shape index (κ1) is 14.7. The minimum absolute atomic E-state index is 0.00269. The van der Waals surface area contributed by atoms with Gasteiger partial charge in [-0.05, 0) is 38.0 Å². The number of nitrogens with one attached hydrogen (secondary N) is 1. The maximum Gasteiger partial charge on any atom is 0.0690 e. The van der Waals surface area contributed by atoms with Crippen LogP contribution in [0.3, 0.4) is 0 Å². The standard InChI is InChI=1S/C15H23N5/c1-4-12-9-13(20(5-2)19-12)10-14(18-16)15-11(3)7-6-8-17-15/h6-9,14,18H,4-5,10,16H2,1-3H3. The molecule has 20 heavy (non-hydrogen) atoms. The zero-order valence-corrected chi connectivity index (χ0v) is 12.4. The van der Waals surface area contributed by atoms with Gasteiger partial charge in [-0.25, -0.2) is 0 Å². The van der Waals surface area contributed by atoms with E-state index >= 15 is 0 Å². The van der Waals surface area contributed by atoms with Crippen LogP contribution in [0.4, 0.5) is 0 Å². The summed E-state index contributed by atoms with van der Waals surface area (Å²) in [5.41, 5.74) is 7.34. The van der Waals surface area contributed by atoms with Crippen molar-refractivity contribution in [1.82, 2.24) is 20.2 Å². The number of hydrogen-bond donors (Lipinski definition) is 2. The summed E-state index contributed by atoms with van der Waals surface area (Å²) in [5, 5.41) is 4.58. The molecule has 2 aromatic heterocycles. The largest absolute Gasteiger partial charge is 0.271 e. The average Bonchev–Trinajstić information content (AvgIpc) is 2.88. The lowest BCUT2D eigenvalue weighted by Gasteiger charge is -2.17. The van der Waals surface area contributed by atoms with Crippen LogP contribution in [-0.2, 0) is 19.4 Å². The quantitative estimate of drug-likeness (QED) is 0.623. The number of hydrazine groups is 1.